The molecular formula is C18H20O4. The molecule has 4 nitrogen and oxygen atoms in total. The van der Waals surface area contributed by atoms with E-state index in [1.807, 2.05) is 30.3 Å². The molecule has 2 rings (SSSR count). The van der Waals surface area contributed by atoms with Crippen molar-refractivity contribution in [2.45, 2.75) is 19.6 Å². The molecule has 0 radical (unpaired) electrons. The maximum Gasteiger partial charge on any atom is 0.159 e. The predicted octanol–water partition coefficient (Wildman–Crippen LogP) is 3.15. The minimum Gasteiger partial charge on any atom is -0.490 e. The Hall–Kier alpha value is -2.17. The van der Waals surface area contributed by atoms with Crippen molar-refractivity contribution in [3.8, 4) is 5.75 Å². The van der Waals surface area contributed by atoms with Gasteiger partial charge in [0.25, 0.3) is 0 Å². The van der Waals surface area contributed by atoms with Crippen LogP contribution >= 0.6 is 0 Å². The second kappa shape index (κ2) is 7.73. The number of ether oxygens (including phenoxy) is 2. The molecule has 0 bridgehead atoms. The molecule has 1 atom stereocenters. The molecule has 1 N–H and O–H groups in total. The van der Waals surface area contributed by atoms with Crippen LogP contribution in [0.25, 0.3) is 0 Å². The van der Waals surface area contributed by atoms with Crippen LogP contribution in [0, 0.1) is 0 Å². The number of aliphatic hydroxyl groups excluding tert-OH is 1. The third kappa shape index (κ3) is 4.16. The smallest absolute Gasteiger partial charge is 0.159 e. The fourth-order valence-electron chi connectivity index (χ4n) is 2.15. The first-order chi connectivity index (χ1) is 10.6. The molecule has 0 saturated heterocycles. The lowest BCUT2D eigenvalue weighted by Crippen LogP contribution is -2.11. The van der Waals surface area contributed by atoms with Gasteiger partial charge in [0.15, 0.2) is 5.78 Å². The van der Waals surface area contributed by atoms with Gasteiger partial charge in [-0.3, -0.25) is 4.79 Å². The van der Waals surface area contributed by atoms with Crippen molar-refractivity contribution < 1.29 is 19.4 Å². The fraction of sp³-hybridized carbons (Fsp3) is 0.278. The van der Waals surface area contributed by atoms with Crippen LogP contribution in [0.1, 0.15) is 34.5 Å². The van der Waals surface area contributed by atoms with Gasteiger partial charge in [-0.25, -0.2) is 0 Å². The Bertz CT molecular complexity index is 622. The van der Waals surface area contributed by atoms with E-state index in [4.69, 9.17) is 9.47 Å². The second-order valence-electron chi connectivity index (χ2n) is 5.05. The van der Waals surface area contributed by atoms with Gasteiger partial charge in [-0.2, -0.15) is 0 Å². The van der Waals surface area contributed by atoms with E-state index in [1.54, 1.807) is 25.3 Å². The normalized spacial score (nSPS) is 12.0. The molecule has 2 aromatic rings. The highest BCUT2D eigenvalue weighted by atomic mass is 16.5. The molecule has 0 amide bonds. The summed E-state index contributed by atoms with van der Waals surface area (Å²) < 4.78 is 10.8. The quantitative estimate of drug-likeness (QED) is 0.798. The van der Waals surface area contributed by atoms with Crippen molar-refractivity contribution in [1.82, 2.24) is 0 Å². The van der Waals surface area contributed by atoms with Crippen LogP contribution in [0.4, 0.5) is 0 Å². The summed E-state index contributed by atoms with van der Waals surface area (Å²) in [6, 6.07) is 14.6. The highest BCUT2D eigenvalue weighted by Crippen LogP contribution is 2.23. The number of Topliss-reactive ketones (excluding diaryl/α,β-unsaturated/α-hetero) is 1. The van der Waals surface area contributed by atoms with E-state index in [9.17, 15) is 9.90 Å². The highest BCUT2D eigenvalue weighted by Gasteiger charge is 2.11. The Morgan fingerprint density at radius 3 is 2.55 bits per heavy atom. The van der Waals surface area contributed by atoms with Crippen LogP contribution in [-0.2, 0) is 11.3 Å². The van der Waals surface area contributed by atoms with Crippen molar-refractivity contribution in [3.05, 3.63) is 65.2 Å². The largest absolute Gasteiger partial charge is 0.490 e. The number of rotatable bonds is 7. The number of aliphatic hydroxyl groups is 1. The summed E-state index contributed by atoms with van der Waals surface area (Å²) in [7, 11) is 1.59. The lowest BCUT2D eigenvalue weighted by Gasteiger charge is -2.15. The first kappa shape index (κ1) is 16.2. The molecule has 0 aliphatic heterocycles. The third-order valence-corrected chi connectivity index (χ3v) is 3.35. The summed E-state index contributed by atoms with van der Waals surface area (Å²) in [5, 5.41) is 10.1. The van der Waals surface area contributed by atoms with Gasteiger partial charge in [0.1, 0.15) is 18.5 Å². The summed E-state index contributed by atoms with van der Waals surface area (Å²) in [6.45, 7) is 2.00. The molecular weight excluding hydrogens is 280 g/mol. The highest BCUT2D eigenvalue weighted by molar-refractivity contribution is 5.94. The van der Waals surface area contributed by atoms with Crippen LogP contribution in [0.2, 0.25) is 0 Å². The third-order valence-electron chi connectivity index (χ3n) is 3.35. The van der Waals surface area contributed by atoms with Gasteiger partial charge in [-0.15, -0.1) is 0 Å². The molecule has 0 aromatic heterocycles. The van der Waals surface area contributed by atoms with E-state index >= 15 is 0 Å². The van der Waals surface area contributed by atoms with Gasteiger partial charge in [0.2, 0.25) is 0 Å². The molecule has 4 heteroatoms. The van der Waals surface area contributed by atoms with Gasteiger partial charge in [-0.1, -0.05) is 30.3 Å². The zero-order chi connectivity index (χ0) is 15.9. The topological polar surface area (TPSA) is 55.8 Å². The van der Waals surface area contributed by atoms with Gasteiger partial charge < -0.3 is 14.6 Å². The first-order valence-electron chi connectivity index (χ1n) is 7.10. The summed E-state index contributed by atoms with van der Waals surface area (Å²) in [5.74, 6) is 0.607. The van der Waals surface area contributed by atoms with Crippen molar-refractivity contribution in [2.75, 3.05) is 13.7 Å². The van der Waals surface area contributed by atoms with E-state index in [0.717, 1.165) is 11.1 Å². The number of methoxy groups -OCH3 is 1. The van der Waals surface area contributed by atoms with Crippen LogP contribution in [0.5, 0.6) is 5.75 Å². The van der Waals surface area contributed by atoms with Gasteiger partial charge in [0.05, 0.1) is 6.61 Å². The summed E-state index contributed by atoms with van der Waals surface area (Å²) in [5.41, 5.74) is 2.20. The second-order valence-corrected chi connectivity index (χ2v) is 5.05. The van der Waals surface area contributed by atoms with E-state index in [1.165, 1.54) is 6.92 Å². The minimum atomic E-state index is -0.705. The Morgan fingerprint density at radius 1 is 1.18 bits per heavy atom. The summed E-state index contributed by atoms with van der Waals surface area (Å²) in [6.07, 6.45) is -0.705. The lowest BCUT2D eigenvalue weighted by molar-refractivity contribution is 0.101. The molecule has 0 saturated carbocycles. The number of benzene rings is 2. The Kier molecular flexibility index (Phi) is 5.69. The Labute approximate surface area is 130 Å². The average molecular weight is 300 g/mol. The maximum absolute atomic E-state index is 11.4. The SMILES string of the molecule is COCc1cc(C(C)=O)ccc1OC[C@H](O)c1ccccc1. The standard InChI is InChI=1S/C18H20O4/c1-13(19)15-8-9-18(16(10-15)11-21-2)22-12-17(20)14-6-4-3-5-7-14/h3-10,17,20H,11-12H2,1-2H3/t17-/m0/s1. The maximum atomic E-state index is 11.4. The van der Waals surface area contributed by atoms with E-state index in [2.05, 4.69) is 0 Å². The molecule has 0 aliphatic carbocycles. The minimum absolute atomic E-state index is 0.00627. The van der Waals surface area contributed by atoms with Crippen LogP contribution in [-0.4, -0.2) is 24.6 Å². The van der Waals surface area contributed by atoms with Crippen LogP contribution < -0.4 is 4.74 Å². The van der Waals surface area contributed by atoms with Crippen molar-refractivity contribution in [1.29, 1.82) is 0 Å². The van der Waals surface area contributed by atoms with Crippen molar-refractivity contribution in [2.24, 2.45) is 0 Å². The number of hydrogen-bond donors (Lipinski definition) is 1. The number of carbonyl (C=O) groups is 1. The molecule has 0 heterocycles. The van der Waals surface area contributed by atoms with Crippen LogP contribution in [0.3, 0.4) is 0 Å². The Balaban J connectivity index is 2.10. The molecule has 0 spiro atoms. The lowest BCUT2D eigenvalue weighted by atomic mass is 10.1. The summed E-state index contributed by atoms with van der Waals surface area (Å²) >= 11 is 0. The Morgan fingerprint density at radius 2 is 1.91 bits per heavy atom. The fourth-order valence-corrected chi connectivity index (χ4v) is 2.15. The van der Waals surface area contributed by atoms with Gasteiger partial charge in [-0.05, 0) is 30.7 Å². The van der Waals surface area contributed by atoms with Crippen LogP contribution in [0.15, 0.2) is 48.5 Å². The molecule has 2 aromatic carbocycles. The summed E-state index contributed by atoms with van der Waals surface area (Å²) in [4.78, 5) is 11.4. The molecule has 22 heavy (non-hydrogen) atoms. The average Bonchev–Trinajstić information content (AvgIpc) is 2.54. The van der Waals surface area contributed by atoms with Crippen molar-refractivity contribution >= 4 is 5.78 Å². The molecule has 0 aliphatic rings. The van der Waals surface area contributed by atoms with Gasteiger partial charge >= 0.3 is 0 Å². The number of ketones is 1. The monoisotopic (exact) mass is 300 g/mol. The number of hydrogen-bond acceptors (Lipinski definition) is 4. The van der Waals surface area contributed by atoms with E-state index in [-0.39, 0.29) is 12.4 Å². The zero-order valence-electron chi connectivity index (χ0n) is 12.8. The number of carbonyl (C=O) groups excluding carboxylic acids is 1. The zero-order valence-corrected chi connectivity index (χ0v) is 12.8. The predicted molar refractivity (Wildman–Crippen MR) is 84.1 cm³/mol. The molecule has 116 valence electrons. The first-order valence-corrected chi connectivity index (χ1v) is 7.10. The van der Waals surface area contributed by atoms with E-state index < -0.39 is 6.10 Å². The van der Waals surface area contributed by atoms with Crippen molar-refractivity contribution in [3.63, 3.8) is 0 Å². The molecule has 0 fully saturated rings. The van der Waals surface area contributed by atoms with E-state index in [0.29, 0.717) is 17.9 Å². The molecule has 0 unspecified atom stereocenters. The van der Waals surface area contributed by atoms with Gasteiger partial charge in [0, 0.05) is 18.2 Å².